The van der Waals surface area contributed by atoms with E-state index >= 15 is 0 Å². The highest BCUT2D eigenvalue weighted by Gasteiger charge is 2.12. The molecule has 1 amide bonds. The zero-order chi connectivity index (χ0) is 16.9. The molecule has 0 spiro atoms. The molecule has 1 N–H and O–H groups in total. The Morgan fingerprint density at radius 1 is 1.38 bits per heavy atom. The molecule has 2 heterocycles. The number of nitrogens with one attached hydrogen (secondary N) is 1. The average molecular weight is 345 g/mol. The van der Waals surface area contributed by atoms with Crippen LogP contribution in [0.15, 0.2) is 47.3 Å². The van der Waals surface area contributed by atoms with E-state index in [4.69, 9.17) is 20.8 Å². The van der Waals surface area contributed by atoms with Crippen LogP contribution in [0.1, 0.15) is 17.3 Å². The number of carbonyl (C=O) groups is 1. The molecule has 3 aromatic rings. The summed E-state index contributed by atoms with van der Waals surface area (Å²) in [7, 11) is 0. The van der Waals surface area contributed by atoms with Crippen LogP contribution in [0.5, 0.6) is 5.88 Å². The van der Waals surface area contributed by atoms with E-state index in [1.165, 1.54) is 18.7 Å². The van der Waals surface area contributed by atoms with Crippen molar-refractivity contribution in [2.24, 2.45) is 0 Å². The number of ether oxygens (including phenoxy) is 1. The Labute approximate surface area is 142 Å². The number of amides is 1. The molecule has 122 valence electrons. The molecule has 2 aromatic heterocycles. The van der Waals surface area contributed by atoms with Gasteiger partial charge in [0.05, 0.1) is 12.2 Å². The summed E-state index contributed by atoms with van der Waals surface area (Å²) in [4.78, 5) is 16.4. The summed E-state index contributed by atoms with van der Waals surface area (Å²) >= 11 is 6.05. The minimum absolute atomic E-state index is 0.282. The molecule has 0 saturated carbocycles. The maximum absolute atomic E-state index is 12.3. The summed E-state index contributed by atoms with van der Waals surface area (Å²) in [5, 5.41) is 10.5. The Morgan fingerprint density at radius 3 is 2.96 bits per heavy atom. The Balaban J connectivity index is 1.78. The van der Waals surface area contributed by atoms with E-state index in [-0.39, 0.29) is 10.9 Å². The summed E-state index contributed by atoms with van der Waals surface area (Å²) in [6, 6.07) is 8.57. The van der Waals surface area contributed by atoms with E-state index in [0.717, 1.165) is 0 Å². The van der Waals surface area contributed by atoms with Crippen LogP contribution < -0.4 is 10.1 Å². The largest absolute Gasteiger partial charge is 0.477 e. The highest BCUT2D eigenvalue weighted by molar-refractivity contribution is 6.32. The molecule has 0 radical (unpaired) electrons. The number of hydrogen-bond acceptors (Lipinski definition) is 6. The normalized spacial score (nSPS) is 10.4. The highest BCUT2D eigenvalue weighted by Crippen LogP contribution is 2.24. The minimum Gasteiger partial charge on any atom is -0.477 e. The van der Waals surface area contributed by atoms with E-state index in [2.05, 4.69) is 20.5 Å². The van der Waals surface area contributed by atoms with Gasteiger partial charge >= 0.3 is 0 Å². The second-order valence-corrected chi connectivity index (χ2v) is 5.13. The van der Waals surface area contributed by atoms with Gasteiger partial charge in [0.1, 0.15) is 5.02 Å². The van der Waals surface area contributed by atoms with Crippen molar-refractivity contribution < 1.29 is 13.9 Å². The van der Waals surface area contributed by atoms with Gasteiger partial charge in [0.2, 0.25) is 18.2 Å². The van der Waals surface area contributed by atoms with Gasteiger partial charge in [-0.05, 0) is 31.2 Å². The van der Waals surface area contributed by atoms with Gasteiger partial charge in [-0.25, -0.2) is 4.98 Å². The summed E-state index contributed by atoms with van der Waals surface area (Å²) in [5.41, 5.74) is 1.61. The molecule has 0 aliphatic rings. The van der Waals surface area contributed by atoms with E-state index in [9.17, 15) is 4.79 Å². The van der Waals surface area contributed by atoms with E-state index in [1.54, 1.807) is 24.3 Å². The van der Waals surface area contributed by atoms with Crippen molar-refractivity contribution in [2.45, 2.75) is 6.92 Å². The van der Waals surface area contributed by atoms with Crippen LogP contribution in [-0.2, 0) is 0 Å². The van der Waals surface area contributed by atoms with Crippen molar-refractivity contribution in [3.63, 3.8) is 0 Å². The number of anilines is 1. The molecule has 0 aliphatic heterocycles. The first-order valence-corrected chi connectivity index (χ1v) is 7.51. The third kappa shape index (κ3) is 3.52. The number of hydrogen-bond donors (Lipinski definition) is 1. The van der Waals surface area contributed by atoms with E-state index in [1.807, 2.05) is 6.92 Å². The average Bonchev–Trinajstić information content (AvgIpc) is 3.11. The lowest BCUT2D eigenvalue weighted by Gasteiger charge is -2.08. The Bertz CT molecular complexity index is 852. The third-order valence-corrected chi connectivity index (χ3v) is 3.35. The summed E-state index contributed by atoms with van der Waals surface area (Å²) in [6.07, 6.45) is 2.66. The van der Waals surface area contributed by atoms with Gasteiger partial charge in [-0.1, -0.05) is 17.7 Å². The number of aromatic nitrogens is 3. The smallest absolute Gasteiger partial charge is 0.257 e. The lowest BCUT2D eigenvalue weighted by Crippen LogP contribution is -2.12. The molecule has 7 nitrogen and oxygen atoms in total. The second kappa shape index (κ2) is 7.10. The number of pyridine rings is 1. The topological polar surface area (TPSA) is 90.1 Å². The van der Waals surface area contributed by atoms with Gasteiger partial charge in [-0.2, -0.15) is 0 Å². The monoisotopic (exact) mass is 344 g/mol. The molecular formula is C16H13ClN4O3. The molecule has 8 heteroatoms. The maximum Gasteiger partial charge on any atom is 0.257 e. The quantitative estimate of drug-likeness (QED) is 0.762. The molecule has 0 saturated heterocycles. The zero-order valence-corrected chi connectivity index (χ0v) is 13.4. The third-order valence-electron chi connectivity index (χ3n) is 3.08. The SMILES string of the molecule is CCOc1ncc(C(=O)Nc2cccc(-c3nnco3)c2)cc1Cl. The molecule has 0 fully saturated rings. The predicted octanol–water partition coefficient (Wildman–Crippen LogP) is 3.44. The fourth-order valence-corrected chi connectivity index (χ4v) is 2.25. The summed E-state index contributed by atoms with van der Waals surface area (Å²) in [5.74, 6) is 0.334. The summed E-state index contributed by atoms with van der Waals surface area (Å²) in [6.45, 7) is 2.27. The first-order chi connectivity index (χ1) is 11.7. The van der Waals surface area contributed by atoms with Gasteiger partial charge < -0.3 is 14.5 Å². The highest BCUT2D eigenvalue weighted by atomic mass is 35.5. The number of halogens is 1. The van der Waals surface area contributed by atoms with Crippen molar-refractivity contribution in [1.82, 2.24) is 15.2 Å². The van der Waals surface area contributed by atoms with Crippen LogP contribution in [0.25, 0.3) is 11.5 Å². The first-order valence-electron chi connectivity index (χ1n) is 7.13. The van der Waals surface area contributed by atoms with Crippen LogP contribution in [0.2, 0.25) is 5.02 Å². The first kappa shape index (κ1) is 15.9. The molecule has 0 unspecified atom stereocenters. The van der Waals surface area contributed by atoms with Crippen LogP contribution >= 0.6 is 11.6 Å². The van der Waals surface area contributed by atoms with E-state index < -0.39 is 0 Å². The van der Waals surface area contributed by atoms with E-state index in [0.29, 0.717) is 35.2 Å². The lowest BCUT2D eigenvalue weighted by atomic mass is 10.2. The van der Waals surface area contributed by atoms with Gasteiger partial charge in [0, 0.05) is 17.4 Å². The van der Waals surface area contributed by atoms with Crippen molar-refractivity contribution >= 4 is 23.2 Å². The van der Waals surface area contributed by atoms with Crippen molar-refractivity contribution in [3.05, 3.63) is 53.5 Å². The van der Waals surface area contributed by atoms with Crippen molar-refractivity contribution in [1.29, 1.82) is 0 Å². The van der Waals surface area contributed by atoms with Gasteiger partial charge in [-0.3, -0.25) is 4.79 Å². The minimum atomic E-state index is -0.338. The fraction of sp³-hybridized carbons (Fsp3) is 0.125. The lowest BCUT2D eigenvalue weighted by molar-refractivity contribution is 0.102. The Hall–Kier alpha value is -2.93. The Morgan fingerprint density at radius 2 is 2.25 bits per heavy atom. The van der Waals surface area contributed by atoms with Gasteiger partial charge in [0.25, 0.3) is 5.91 Å². The van der Waals surface area contributed by atoms with Crippen LogP contribution in [-0.4, -0.2) is 27.7 Å². The number of rotatable bonds is 5. The molecular weight excluding hydrogens is 332 g/mol. The molecule has 0 bridgehead atoms. The van der Waals surface area contributed by atoms with Gasteiger partial charge in [0.15, 0.2) is 0 Å². The van der Waals surface area contributed by atoms with Crippen LogP contribution in [0.3, 0.4) is 0 Å². The molecule has 24 heavy (non-hydrogen) atoms. The number of nitrogens with zero attached hydrogens (tertiary/aromatic N) is 3. The van der Waals surface area contributed by atoms with Crippen LogP contribution in [0.4, 0.5) is 5.69 Å². The molecule has 0 atom stereocenters. The summed E-state index contributed by atoms with van der Waals surface area (Å²) < 4.78 is 10.4. The van der Waals surface area contributed by atoms with Crippen LogP contribution in [0, 0.1) is 0 Å². The molecule has 3 rings (SSSR count). The number of benzene rings is 1. The molecule has 0 aliphatic carbocycles. The van der Waals surface area contributed by atoms with Crippen molar-refractivity contribution in [3.8, 4) is 17.3 Å². The maximum atomic E-state index is 12.3. The van der Waals surface area contributed by atoms with Crippen molar-refractivity contribution in [2.75, 3.05) is 11.9 Å². The second-order valence-electron chi connectivity index (χ2n) is 4.72. The standard InChI is InChI=1S/C16H13ClN4O3/c1-2-23-16-13(17)7-11(8-18-16)14(22)20-12-5-3-4-10(6-12)15-21-19-9-24-15/h3-9H,2H2,1H3,(H,20,22). The number of carbonyl (C=O) groups excluding carboxylic acids is 1. The Kier molecular flexibility index (Phi) is 4.72. The molecule has 1 aromatic carbocycles. The fourth-order valence-electron chi connectivity index (χ4n) is 2.02. The predicted molar refractivity (Wildman–Crippen MR) is 88.1 cm³/mol. The zero-order valence-electron chi connectivity index (χ0n) is 12.7. The van der Waals surface area contributed by atoms with Gasteiger partial charge in [-0.15, -0.1) is 10.2 Å².